The first-order chi connectivity index (χ1) is 9.90. The molecule has 0 saturated carbocycles. The van der Waals surface area contributed by atoms with Crippen LogP contribution in [0.2, 0.25) is 0 Å². The van der Waals surface area contributed by atoms with E-state index in [1.165, 1.54) is 0 Å². The van der Waals surface area contributed by atoms with Gasteiger partial charge in [-0.25, -0.2) is 4.79 Å². The Kier molecular flexibility index (Phi) is 5.14. The number of carbonyl (C=O) groups is 2. The van der Waals surface area contributed by atoms with E-state index in [2.05, 4.69) is 0 Å². The number of carboxylic acid groups (broad SMARTS) is 1. The fourth-order valence-corrected chi connectivity index (χ4v) is 2.08. The van der Waals surface area contributed by atoms with Gasteiger partial charge in [-0.2, -0.15) is 21.6 Å². The van der Waals surface area contributed by atoms with Gasteiger partial charge in [0.15, 0.2) is 0 Å². The number of hydrogen-bond acceptors (Lipinski definition) is 4. The molecule has 122 valence electrons. The van der Waals surface area contributed by atoms with Crippen LogP contribution in [0, 0.1) is 0 Å². The maximum Gasteiger partial charge on any atom is 0.416 e. The van der Waals surface area contributed by atoms with Gasteiger partial charge >= 0.3 is 12.1 Å². The smallest absolute Gasteiger partial charge is 0.416 e. The van der Waals surface area contributed by atoms with Gasteiger partial charge in [-0.3, -0.25) is 9.35 Å². The maximum absolute atomic E-state index is 12.3. The lowest BCUT2D eigenvalue weighted by molar-refractivity contribution is -0.139. The van der Waals surface area contributed by atoms with Gasteiger partial charge in [-0.05, 0) is 24.3 Å². The van der Waals surface area contributed by atoms with E-state index in [1.807, 2.05) is 0 Å². The molecule has 0 aliphatic carbocycles. The van der Waals surface area contributed by atoms with Gasteiger partial charge < -0.3 is 10.4 Å². The molecule has 11 heteroatoms. The van der Waals surface area contributed by atoms with Crippen LogP contribution in [-0.2, 0) is 21.1 Å². The summed E-state index contributed by atoms with van der Waals surface area (Å²) in [7, 11) is -4.67. The van der Waals surface area contributed by atoms with Gasteiger partial charge in [0.25, 0.3) is 16.0 Å². The van der Waals surface area contributed by atoms with Crippen molar-refractivity contribution in [3.8, 4) is 0 Å². The largest absolute Gasteiger partial charge is 0.480 e. The van der Waals surface area contributed by atoms with E-state index in [-0.39, 0.29) is 5.56 Å². The zero-order valence-electron chi connectivity index (χ0n) is 10.7. The molecule has 0 aromatic heterocycles. The van der Waals surface area contributed by atoms with E-state index in [1.54, 1.807) is 5.32 Å². The van der Waals surface area contributed by atoms with Crippen LogP contribution in [-0.4, -0.2) is 41.7 Å². The van der Waals surface area contributed by atoms with Crippen LogP contribution in [0.4, 0.5) is 13.2 Å². The topological polar surface area (TPSA) is 121 Å². The van der Waals surface area contributed by atoms with E-state index in [9.17, 15) is 31.2 Å². The minimum absolute atomic E-state index is 0.297. The van der Waals surface area contributed by atoms with Crippen molar-refractivity contribution in [3.05, 3.63) is 35.4 Å². The highest BCUT2D eigenvalue weighted by Crippen LogP contribution is 2.29. The van der Waals surface area contributed by atoms with E-state index in [0.717, 1.165) is 12.1 Å². The highest BCUT2D eigenvalue weighted by Gasteiger charge is 2.31. The molecule has 0 spiro atoms. The number of rotatable bonds is 5. The Labute approximate surface area is 122 Å². The van der Waals surface area contributed by atoms with Crippen molar-refractivity contribution in [2.24, 2.45) is 0 Å². The van der Waals surface area contributed by atoms with Gasteiger partial charge in [-0.1, -0.05) is 0 Å². The summed E-state index contributed by atoms with van der Waals surface area (Å²) in [4.78, 5) is 22.5. The number of hydrogen-bond donors (Lipinski definition) is 3. The van der Waals surface area contributed by atoms with Crippen LogP contribution in [0.3, 0.4) is 0 Å². The second-order valence-electron chi connectivity index (χ2n) is 4.19. The minimum atomic E-state index is -4.67. The summed E-state index contributed by atoms with van der Waals surface area (Å²) in [5, 5.41) is 10.5. The number of carboxylic acids is 1. The molecule has 1 aromatic rings. The Morgan fingerprint density at radius 3 is 2.05 bits per heavy atom. The molecule has 0 fully saturated rings. The van der Waals surface area contributed by atoms with Gasteiger partial charge in [0.1, 0.15) is 11.8 Å². The van der Waals surface area contributed by atoms with E-state index < -0.39 is 45.5 Å². The lowest BCUT2D eigenvalue weighted by Crippen LogP contribution is -2.45. The third kappa shape index (κ3) is 5.33. The molecule has 0 bridgehead atoms. The van der Waals surface area contributed by atoms with Crippen molar-refractivity contribution in [2.75, 3.05) is 5.75 Å². The minimum Gasteiger partial charge on any atom is -0.480 e. The van der Waals surface area contributed by atoms with Gasteiger partial charge in [-0.15, -0.1) is 0 Å². The summed E-state index contributed by atoms with van der Waals surface area (Å²) in [5.41, 5.74) is -1.30. The molecule has 0 radical (unpaired) electrons. The van der Waals surface area contributed by atoms with E-state index in [4.69, 9.17) is 9.66 Å². The molecule has 0 aliphatic heterocycles. The lowest BCUT2D eigenvalue weighted by Gasteiger charge is -2.13. The highest BCUT2D eigenvalue weighted by atomic mass is 32.2. The first-order valence-corrected chi connectivity index (χ1v) is 7.17. The summed E-state index contributed by atoms with van der Waals surface area (Å²) in [6, 6.07) is 0.917. The Hall–Kier alpha value is -2.14. The summed E-state index contributed by atoms with van der Waals surface area (Å²) in [6.07, 6.45) is -4.59. The molecular weight excluding hydrogens is 331 g/mol. The zero-order valence-corrected chi connectivity index (χ0v) is 11.5. The molecule has 1 amide bonds. The first kappa shape index (κ1) is 17.9. The number of halogens is 3. The fraction of sp³-hybridized carbons (Fsp3) is 0.273. The molecule has 0 aliphatic rings. The van der Waals surface area contributed by atoms with Crippen LogP contribution in [0.1, 0.15) is 15.9 Å². The molecule has 1 unspecified atom stereocenters. The normalized spacial score (nSPS) is 13.5. The molecule has 22 heavy (non-hydrogen) atoms. The summed E-state index contributed by atoms with van der Waals surface area (Å²) < 4.78 is 66.9. The van der Waals surface area contributed by atoms with Crippen molar-refractivity contribution in [1.82, 2.24) is 5.32 Å². The Balaban J connectivity index is 2.89. The van der Waals surface area contributed by atoms with Crippen molar-refractivity contribution in [1.29, 1.82) is 0 Å². The zero-order chi connectivity index (χ0) is 17.1. The molecule has 1 rings (SSSR count). The standard InChI is InChI=1S/C11H10F3NO6S/c12-11(13,14)7-3-1-6(2-4-7)9(16)15-8(10(17)18)5-22(19,20)21/h1-4,8H,5H2,(H,15,16)(H,17,18)(H,19,20,21). The monoisotopic (exact) mass is 341 g/mol. The van der Waals surface area contributed by atoms with Crippen LogP contribution in [0.5, 0.6) is 0 Å². The van der Waals surface area contributed by atoms with Crippen molar-refractivity contribution in [2.45, 2.75) is 12.2 Å². The van der Waals surface area contributed by atoms with Crippen LogP contribution < -0.4 is 5.32 Å². The predicted octanol–water partition coefficient (Wildman–Crippen LogP) is 0.776. The summed E-state index contributed by atoms with van der Waals surface area (Å²) in [5.74, 6) is -4.09. The third-order valence-corrected chi connectivity index (χ3v) is 3.21. The average molecular weight is 341 g/mol. The van der Waals surface area contributed by atoms with E-state index in [0.29, 0.717) is 12.1 Å². The summed E-state index contributed by atoms with van der Waals surface area (Å²) >= 11 is 0. The van der Waals surface area contributed by atoms with Gasteiger partial charge in [0.2, 0.25) is 0 Å². The van der Waals surface area contributed by atoms with Crippen LogP contribution >= 0.6 is 0 Å². The molecule has 1 aromatic carbocycles. The Morgan fingerprint density at radius 2 is 1.68 bits per heavy atom. The molecule has 0 saturated heterocycles. The number of carbonyl (C=O) groups excluding carboxylic acids is 1. The first-order valence-electron chi connectivity index (χ1n) is 5.56. The number of alkyl halides is 3. The second-order valence-corrected chi connectivity index (χ2v) is 5.69. The molecule has 0 heterocycles. The van der Waals surface area contributed by atoms with Crippen LogP contribution in [0.15, 0.2) is 24.3 Å². The molecular formula is C11H10F3NO6S. The third-order valence-electron chi connectivity index (χ3n) is 2.46. The second kappa shape index (κ2) is 6.32. The molecule has 7 nitrogen and oxygen atoms in total. The Morgan fingerprint density at radius 1 is 1.18 bits per heavy atom. The lowest BCUT2D eigenvalue weighted by atomic mass is 10.1. The SMILES string of the molecule is O=C(NC(CS(=O)(=O)O)C(=O)O)c1ccc(C(F)(F)F)cc1. The van der Waals surface area contributed by atoms with Crippen LogP contribution in [0.25, 0.3) is 0 Å². The fourth-order valence-electron chi connectivity index (χ4n) is 1.44. The Bertz CT molecular complexity index is 668. The van der Waals surface area contributed by atoms with Crippen molar-refractivity contribution in [3.63, 3.8) is 0 Å². The van der Waals surface area contributed by atoms with Gasteiger partial charge in [0, 0.05) is 5.56 Å². The van der Waals surface area contributed by atoms with E-state index >= 15 is 0 Å². The number of benzene rings is 1. The van der Waals surface area contributed by atoms with Gasteiger partial charge in [0.05, 0.1) is 5.56 Å². The quantitative estimate of drug-likeness (QED) is 0.681. The molecule has 1 atom stereocenters. The maximum atomic E-state index is 12.3. The van der Waals surface area contributed by atoms with Crippen molar-refractivity contribution < 1.29 is 40.8 Å². The summed E-state index contributed by atoms with van der Waals surface area (Å²) in [6.45, 7) is 0. The number of amides is 1. The number of nitrogens with one attached hydrogen (secondary N) is 1. The van der Waals surface area contributed by atoms with Crippen molar-refractivity contribution >= 4 is 22.0 Å². The molecule has 3 N–H and O–H groups in total. The predicted molar refractivity (Wildman–Crippen MR) is 66.7 cm³/mol. The number of aliphatic carboxylic acids is 1. The average Bonchev–Trinajstić information content (AvgIpc) is 2.35. The highest BCUT2D eigenvalue weighted by molar-refractivity contribution is 7.85.